The van der Waals surface area contributed by atoms with Gasteiger partial charge in [-0.3, -0.25) is 4.79 Å². The zero-order valence-corrected chi connectivity index (χ0v) is 16.5. The first kappa shape index (κ1) is 20.1. The van der Waals surface area contributed by atoms with Gasteiger partial charge in [0.05, 0.1) is 27.5 Å². The van der Waals surface area contributed by atoms with Crippen LogP contribution in [0.25, 0.3) is 10.2 Å². The first-order valence-electron chi connectivity index (χ1n) is 8.17. The third-order valence-corrected chi connectivity index (χ3v) is 6.19. The Morgan fingerprint density at radius 3 is 2.68 bits per heavy atom. The molecule has 2 heterocycles. The summed E-state index contributed by atoms with van der Waals surface area (Å²) in [5.41, 5.74) is 1.46. The quantitative estimate of drug-likeness (QED) is 0.624. The van der Waals surface area contributed by atoms with Crippen molar-refractivity contribution in [3.05, 3.63) is 41.7 Å². The zero-order valence-electron chi connectivity index (χ0n) is 14.9. The number of aromatic nitrogens is 2. The highest BCUT2D eigenvalue weighted by Gasteiger charge is 2.27. The molecule has 3 rings (SSSR count). The smallest absolute Gasteiger partial charge is 0.341 e. The van der Waals surface area contributed by atoms with E-state index < -0.39 is 26.4 Å². The van der Waals surface area contributed by atoms with Crippen molar-refractivity contribution in [3.63, 3.8) is 0 Å². The fourth-order valence-electron chi connectivity index (χ4n) is 2.51. The van der Waals surface area contributed by atoms with E-state index in [1.54, 1.807) is 19.9 Å². The summed E-state index contributed by atoms with van der Waals surface area (Å²) < 4.78 is 53.4. The topological polar surface area (TPSA) is 101 Å². The Kier molecular flexibility index (Phi) is 5.57. The van der Waals surface area contributed by atoms with E-state index >= 15 is 0 Å². The molecule has 0 saturated carbocycles. The number of hydrogen-bond acceptors (Lipinski definition) is 7. The summed E-state index contributed by atoms with van der Waals surface area (Å²) >= 11 is 1.21. The average Bonchev–Trinajstić information content (AvgIpc) is 3.03. The van der Waals surface area contributed by atoms with Crippen molar-refractivity contribution in [2.24, 2.45) is 0 Å². The second-order valence-electron chi connectivity index (χ2n) is 5.84. The van der Waals surface area contributed by atoms with E-state index in [0.717, 1.165) is 23.2 Å². The van der Waals surface area contributed by atoms with Crippen LogP contribution in [0.15, 0.2) is 35.4 Å². The lowest BCUT2D eigenvalue weighted by molar-refractivity contribution is 0.102. The lowest BCUT2D eigenvalue weighted by Crippen LogP contribution is -2.16. The van der Waals surface area contributed by atoms with Crippen molar-refractivity contribution in [1.29, 1.82) is 0 Å². The maximum atomic E-state index is 12.9. The maximum Gasteiger partial charge on any atom is 0.341 e. The molecular formula is C17H16F2N4O3S2. The SMILES string of the molecule is CCNc1ccc(S(=O)(=O)C(F)F)cc1NC(=O)c1cnc2snc(C)c2c1. The molecule has 0 fully saturated rings. The van der Waals surface area contributed by atoms with E-state index in [-0.39, 0.29) is 11.3 Å². The number of nitrogens with one attached hydrogen (secondary N) is 2. The van der Waals surface area contributed by atoms with E-state index in [1.807, 2.05) is 0 Å². The summed E-state index contributed by atoms with van der Waals surface area (Å²) in [7, 11) is -4.79. The lowest BCUT2D eigenvalue weighted by Gasteiger charge is -2.14. The Hall–Kier alpha value is -2.66. The van der Waals surface area contributed by atoms with Crippen LogP contribution in [-0.4, -0.2) is 36.0 Å². The Morgan fingerprint density at radius 2 is 2.00 bits per heavy atom. The van der Waals surface area contributed by atoms with Crippen molar-refractivity contribution in [2.75, 3.05) is 17.2 Å². The highest BCUT2D eigenvalue weighted by molar-refractivity contribution is 7.91. The first-order chi connectivity index (χ1) is 13.2. The molecule has 0 aliphatic carbocycles. The number of aryl methyl sites for hydroxylation is 1. The molecule has 2 N–H and O–H groups in total. The van der Waals surface area contributed by atoms with Gasteiger partial charge in [-0.05, 0) is 49.6 Å². The fourth-order valence-corrected chi connectivity index (χ4v) is 3.99. The number of rotatable bonds is 6. The number of amides is 1. The monoisotopic (exact) mass is 426 g/mol. The summed E-state index contributed by atoms with van der Waals surface area (Å²) in [6, 6.07) is 5.05. The van der Waals surface area contributed by atoms with Crippen LogP contribution < -0.4 is 10.6 Å². The lowest BCUT2D eigenvalue weighted by atomic mass is 10.2. The van der Waals surface area contributed by atoms with E-state index in [4.69, 9.17) is 0 Å². The number of hydrogen-bond donors (Lipinski definition) is 2. The highest BCUT2D eigenvalue weighted by atomic mass is 32.2. The molecule has 11 heteroatoms. The molecule has 0 unspecified atom stereocenters. The molecule has 7 nitrogen and oxygen atoms in total. The number of benzene rings is 1. The highest BCUT2D eigenvalue weighted by Crippen LogP contribution is 2.29. The van der Waals surface area contributed by atoms with Gasteiger partial charge in [-0.15, -0.1) is 0 Å². The van der Waals surface area contributed by atoms with Crippen molar-refractivity contribution in [1.82, 2.24) is 9.36 Å². The maximum absolute atomic E-state index is 12.9. The summed E-state index contributed by atoms with van der Waals surface area (Å²) in [6.45, 7) is 4.08. The van der Waals surface area contributed by atoms with Crippen molar-refractivity contribution in [3.8, 4) is 0 Å². The van der Waals surface area contributed by atoms with Gasteiger partial charge in [0.2, 0.25) is 9.84 Å². The van der Waals surface area contributed by atoms with E-state index in [2.05, 4.69) is 20.0 Å². The van der Waals surface area contributed by atoms with Crippen molar-refractivity contribution in [2.45, 2.75) is 24.5 Å². The van der Waals surface area contributed by atoms with E-state index in [0.29, 0.717) is 17.1 Å². The summed E-state index contributed by atoms with van der Waals surface area (Å²) in [5, 5.41) is 6.26. The molecule has 0 aliphatic rings. The fraction of sp³-hybridized carbons (Fsp3) is 0.235. The molecule has 0 saturated heterocycles. The minimum absolute atomic E-state index is 0.0776. The second kappa shape index (κ2) is 7.76. The van der Waals surface area contributed by atoms with Gasteiger partial charge in [0.1, 0.15) is 4.83 Å². The number of carbonyl (C=O) groups excluding carboxylic acids is 1. The standard InChI is InChI=1S/C17H16F2N4O3S2/c1-3-20-13-5-4-11(28(25,26)17(18)19)7-14(13)22-15(24)10-6-12-9(2)23-27-16(12)21-8-10/h4-8,17,20H,3H2,1-2H3,(H,22,24). The Balaban J connectivity index is 1.98. The predicted octanol–water partition coefficient (Wildman–Crippen LogP) is 3.68. The number of halogens is 2. The Morgan fingerprint density at radius 1 is 1.25 bits per heavy atom. The van der Waals surface area contributed by atoms with Crippen LogP contribution in [0.4, 0.5) is 20.2 Å². The summed E-state index contributed by atoms with van der Waals surface area (Å²) in [6.07, 6.45) is 1.38. The van der Waals surface area contributed by atoms with Crippen LogP contribution >= 0.6 is 11.5 Å². The minimum Gasteiger partial charge on any atom is -0.384 e. The molecule has 0 spiro atoms. The average molecular weight is 426 g/mol. The number of nitrogens with zero attached hydrogens (tertiary/aromatic N) is 2. The van der Waals surface area contributed by atoms with Gasteiger partial charge in [-0.1, -0.05) is 0 Å². The number of pyridine rings is 1. The van der Waals surface area contributed by atoms with Crippen molar-refractivity contribution >= 4 is 48.9 Å². The second-order valence-corrected chi connectivity index (χ2v) is 8.51. The van der Waals surface area contributed by atoms with Gasteiger partial charge < -0.3 is 10.6 Å². The van der Waals surface area contributed by atoms with E-state index in [9.17, 15) is 22.0 Å². The normalized spacial score (nSPS) is 11.8. The molecule has 0 atom stereocenters. The number of carbonyl (C=O) groups is 1. The van der Waals surface area contributed by atoms with Crippen LogP contribution in [0.1, 0.15) is 23.0 Å². The Bertz CT molecular complexity index is 1150. The number of alkyl halides is 2. The predicted molar refractivity (Wildman–Crippen MR) is 104 cm³/mol. The molecular weight excluding hydrogens is 410 g/mol. The van der Waals surface area contributed by atoms with Crippen LogP contribution in [0, 0.1) is 6.92 Å². The molecule has 3 aromatic rings. The van der Waals surface area contributed by atoms with Gasteiger partial charge in [0, 0.05) is 18.1 Å². The van der Waals surface area contributed by atoms with Crippen LogP contribution in [0.2, 0.25) is 0 Å². The van der Waals surface area contributed by atoms with Gasteiger partial charge in [-0.2, -0.15) is 13.2 Å². The molecule has 0 aliphatic heterocycles. The largest absolute Gasteiger partial charge is 0.384 e. The molecule has 2 aromatic heterocycles. The molecule has 148 valence electrons. The summed E-state index contributed by atoms with van der Waals surface area (Å²) in [5.74, 6) is -4.10. The first-order valence-corrected chi connectivity index (χ1v) is 10.5. The van der Waals surface area contributed by atoms with Gasteiger partial charge in [-0.25, -0.2) is 13.4 Å². The minimum atomic E-state index is -4.79. The van der Waals surface area contributed by atoms with E-state index in [1.165, 1.54) is 23.8 Å². The van der Waals surface area contributed by atoms with Crippen LogP contribution in [0.5, 0.6) is 0 Å². The van der Waals surface area contributed by atoms with Gasteiger partial charge in [0.15, 0.2) is 0 Å². The molecule has 1 aromatic carbocycles. The summed E-state index contributed by atoms with van der Waals surface area (Å²) in [4.78, 5) is 16.9. The van der Waals surface area contributed by atoms with Gasteiger partial charge in [0.25, 0.3) is 5.91 Å². The third kappa shape index (κ3) is 3.80. The zero-order chi connectivity index (χ0) is 20.5. The van der Waals surface area contributed by atoms with Crippen molar-refractivity contribution < 1.29 is 22.0 Å². The number of fused-ring (bicyclic) bond motifs is 1. The Labute approximate surface area is 163 Å². The van der Waals surface area contributed by atoms with Gasteiger partial charge >= 0.3 is 5.76 Å². The molecule has 1 amide bonds. The number of sulfone groups is 1. The van der Waals surface area contributed by atoms with Crippen LogP contribution in [0.3, 0.4) is 0 Å². The molecule has 28 heavy (non-hydrogen) atoms. The number of anilines is 2. The molecule has 0 radical (unpaired) electrons. The molecule has 0 bridgehead atoms. The van der Waals surface area contributed by atoms with Crippen LogP contribution in [-0.2, 0) is 9.84 Å². The third-order valence-electron chi connectivity index (χ3n) is 3.94.